The number of amides is 2. The van der Waals surface area contributed by atoms with E-state index < -0.39 is 0 Å². The molecule has 0 saturated carbocycles. The number of aryl methyl sites for hydroxylation is 1. The predicted molar refractivity (Wildman–Crippen MR) is 125 cm³/mol. The molecule has 3 rings (SSSR count). The normalized spacial score (nSPS) is 15.1. The van der Waals surface area contributed by atoms with Gasteiger partial charge in [0.15, 0.2) is 0 Å². The number of thiocarbonyl (C=S) groups is 1. The summed E-state index contributed by atoms with van der Waals surface area (Å²) < 4.78 is 13.5. The smallest absolute Gasteiger partial charge is 0.266 e. The third-order valence-corrected chi connectivity index (χ3v) is 6.14. The first-order valence-corrected chi connectivity index (χ1v) is 11.0. The lowest BCUT2D eigenvalue weighted by Gasteiger charge is -2.14. The Bertz CT molecular complexity index is 973. The molecule has 0 unspecified atom stereocenters. The van der Waals surface area contributed by atoms with Gasteiger partial charge in [0.1, 0.15) is 10.1 Å². The maximum atomic E-state index is 12.9. The molecule has 0 bridgehead atoms. The van der Waals surface area contributed by atoms with Crippen LogP contribution in [-0.2, 0) is 9.59 Å². The summed E-state index contributed by atoms with van der Waals surface area (Å²) in [6.45, 7) is 2.56. The van der Waals surface area contributed by atoms with Crippen LogP contribution in [0.15, 0.2) is 53.4 Å². The van der Waals surface area contributed by atoms with Gasteiger partial charge in [-0.25, -0.2) is 4.39 Å². The number of hydrogen-bond donors (Lipinski definition) is 1. The fourth-order valence-corrected chi connectivity index (χ4v) is 4.37. The van der Waals surface area contributed by atoms with Crippen LogP contribution in [0.2, 0.25) is 0 Å². The lowest BCUT2D eigenvalue weighted by molar-refractivity contribution is -0.122. The van der Waals surface area contributed by atoms with Crippen molar-refractivity contribution < 1.29 is 14.0 Å². The standard InChI is InChI=1S/C23H23FN2O2S2/c1-16-7-4-5-8-17(16)15-20-22(28)26(23(29)30-20)14-6-2-3-9-21(27)25-19-12-10-18(24)11-13-19/h4-5,7-8,10-13,15H,2-3,6,9,14H2,1H3,(H,25,27)/b20-15-. The van der Waals surface area contributed by atoms with Crippen LogP contribution in [-0.4, -0.2) is 27.6 Å². The monoisotopic (exact) mass is 442 g/mol. The first kappa shape index (κ1) is 22.2. The van der Waals surface area contributed by atoms with Crippen LogP contribution in [0, 0.1) is 12.7 Å². The molecule has 7 heteroatoms. The number of carbonyl (C=O) groups is 2. The number of hydrogen-bond acceptors (Lipinski definition) is 4. The summed E-state index contributed by atoms with van der Waals surface area (Å²) in [5.41, 5.74) is 2.71. The minimum atomic E-state index is -0.336. The van der Waals surface area contributed by atoms with Gasteiger partial charge in [0.05, 0.1) is 4.91 Å². The van der Waals surface area contributed by atoms with Crippen LogP contribution in [0.3, 0.4) is 0 Å². The SMILES string of the molecule is Cc1ccccc1/C=C1\SC(=S)N(CCCCCC(=O)Nc2ccc(F)cc2)C1=O. The number of halogens is 1. The van der Waals surface area contributed by atoms with Crippen molar-refractivity contribution in [1.29, 1.82) is 0 Å². The highest BCUT2D eigenvalue weighted by Crippen LogP contribution is 2.33. The summed E-state index contributed by atoms with van der Waals surface area (Å²) in [7, 11) is 0. The van der Waals surface area contributed by atoms with E-state index in [1.807, 2.05) is 37.3 Å². The van der Waals surface area contributed by atoms with Gasteiger partial charge >= 0.3 is 0 Å². The Morgan fingerprint density at radius 1 is 1.13 bits per heavy atom. The zero-order valence-corrected chi connectivity index (χ0v) is 18.3. The predicted octanol–water partition coefficient (Wildman–Crippen LogP) is 5.53. The van der Waals surface area contributed by atoms with Gasteiger partial charge in [0.2, 0.25) is 5.91 Å². The third-order valence-electron chi connectivity index (χ3n) is 4.76. The molecule has 0 aliphatic carbocycles. The number of thioether (sulfide) groups is 1. The summed E-state index contributed by atoms with van der Waals surface area (Å²) in [5, 5.41) is 2.75. The van der Waals surface area contributed by atoms with Gasteiger partial charge in [-0.2, -0.15) is 0 Å². The molecular formula is C23H23FN2O2S2. The van der Waals surface area contributed by atoms with E-state index in [0.717, 1.165) is 24.0 Å². The van der Waals surface area contributed by atoms with Crippen LogP contribution in [0.5, 0.6) is 0 Å². The van der Waals surface area contributed by atoms with Crippen molar-refractivity contribution in [3.63, 3.8) is 0 Å². The Labute approximate surface area is 185 Å². The average molecular weight is 443 g/mol. The van der Waals surface area contributed by atoms with E-state index in [2.05, 4.69) is 5.32 Å². The summed E-state index contributed by atoms with van der Waals surface area (Å²) in [4.78, 5) is 26.9. The molecule has 156 valence electrons. The van der Waals surface area contributed by atoms with Crippen LogP contribution in [0.1, 0.15) is 36.8 Å². The van der Waals surface area contributed by atoms with E-state index in [-0.39, 0.29) is 17.6 Å². The molecule has 1 aliphatic rings. The number of carbonyl (C=O) groups excluding carboxylic acids is 2. The maximum absolute atomic E-state index is 12.9. The lowest BCUT2D eigenvalue weighted by Crippen LogP contribution is -2.29. The van der Waals surface area contributed by atoms with Gasteiger partial charge in [-0.3, -0.25) is 14.5 Å². The van der Waals surface area contributed by atoms with Gasteiger partial charge < -0.3 is 5.32 Å². The molecule has 1 saturated heterocycles. The highest BCUT2D eigenvalue weighted by atomic mass is 32.2. The first-order chi connectivity index (χ1) is 14.4. The minimum absolute atomic E-state index is 0.0534. The molecular weight excluding hydrogens is 419 g/mol. The molecule has 30 heavy (non-hydrogen) atoms. The fourth-order valence-electron chi connectivity index (χ4n) is 3.07. The van der Waals surface area contributed by atoms with Crippen molar-refractivity contribution in [2.75, 3.05) is 11.9 Å². The molecule has 1 fully saturated rings. The lowest BCUT2D eigenvalue weighted by atomic mass is 10.1. The molecule has 1 N–H and O–H groups in total. The van der Waals surface area contributed by atoms with E-state index in [0.29, 0.717) is 34.3 Å². The van der Waals surface area contributed by atoms with Gasteiger partial charge in [-0.05, 0) is 61.2 Å². The van der Waals surface area contributed by atoms with Crippen molar-refractivity contribution in [3.05, 3.63) is 70.4 Å². The van der Waals surface area contributed by atoms with Crippen LogP contribution in [0.4, 0.5) is 10.1 Å². The van der Waals surface area contributed by atoms with Gasteiger partial charge in [0.25, 0.3) is 5.91 Å². The minimum Gasteiger partial charge on any atom is -0.326 e. The van der Waals surface area contributed by atoms with E-state index in [9.17, 15) is 14.0 Å². The third kappa shape index (κ3) is 6.00. The molecule has 0 aromatic heterocycles. The number of rotatable bonds is 8. The van der Waals surface area contributed by atoms with Crippen molar-refractivity contribution >= 4 is 51.9 Å². The first-order valence-electron chi connectivity index (χ1n) is 9.80. The summed E-state index contributed by atoms with van der Waals surface area (Å²) in [5.74, 6) is -0.492. The second-order valence-electron chi connectivity index (χ2n) is 7.06. The summed E-state index contributed by atoms with van der Waals surface area (Å²) in [6.07, 6.45) is 4.57. The van der Waals surface area contributed by atoms with E-state index >= 15 is 0 Å². The quantitative estimate of drug-likeness (QED) is 0.332. The van der Waals surface area contributed by atoms with Gasteiger partial charge in [0, 0.05) is 18.7 Å². The van der Waals surface area contributed by atoms with E-state index in [1.165, 1.54) is 36.0 Å². The Balaban J connectivity index is 1.42. The highest BCUT2D eigenvalue weighted by Gasteiger charge is 2.31. The number of nitrogens with one attached hydrogen (secondary N) is 1. The highest BCUT2D eigenvalue weighted by molar-refractivity contribution is 8.26. The molecule has 0 spiro atoms. The van der Waals surface area contributed by atoms with Crippen LogP contribution >= 0.6 is 24.0 Å². The zero-order chi connectivity index (χ0) is 21.5. The molecule has 4 nitrogen and oxygen atoms in total. The van der Waals surface area contributed by atoms with Crippen molar-refractivity contribution in [1.82, 2.24) is 4.90 Å². The molecule has 2 amide bonds. The largest absolute Gasteiger partial charge is 0.326 e. The average Bonchev–Trinajstić information content (AvgIpc) is 2.98. The Hall–Kier alpha value is -2.51. The topological polar surface area (TPSA) is 49.4 Å². The van der Waals surface area contributed by atoms with Crippen molar-refractivity contribution in [3.8, 4) is 0 Å². The Morgan fingerprint density at radius 2 is 1.87 bits per heavy atom. The molecule has 1 heterocycles. The van der Waals surface area contributed by atoms with Gasteiger partial charge in [-0.15, -0.1) is 0 Å². The van der Waals surface area contributed by atoms with E-state index in [4.69, 9.17) is 12.2 Å². The van der Waals surface area contributed by atoms with Crippen LogP contribution in [0.25, 0.3) is 6.08 Å². The fraction of sp³-hybridized carbons (Fsp3) is 0.261. The molecule has 0 radical (unpaired) electrons. The van der Waals surface area contributed by atoms with Crippen LogP contribution < -0.4 is 5.32 Å². The van der Waals surface area contributed by atoms with Crippen molar-refractivity contribution in [2.45, 2.75) is 32.6 Å². The zero-order valence-electron chi connectivity index (χ0n) is 16.7. The second-order valence-corrected chi connectivity index (χ2v) is 8.73. The summed E-state index contributed by atoms with van der Waals surface area (Å²) >= 11 is 6.72. The molecule has 0 atom stereocenters. The maximum Gasteiger partial charge on any atom is 0.266 e. The Kier molecular flexibility index (Phi) is 7.76. The molecule has 2 aromatic rings. The number of anilines is 1. The number of benzene rings is 2. The molecule has 2 aromatic carbocycles. The second kappa shape index (κ2) is 10.5. The number of unbranched alkanes of at least 4 members (excludes halogenated alkanes) is 2. The van der Waals surface area contributed by atoms with E-state index in [1.54, 1.807) is 4.90 Å². The van der Waals surface area contributed by atoms with Crippen molar-refractivity contribution in [2.24, 2.45) is 0 Å². The Morgan fingerprint density at radius 3 is 2.60 bits per heavy atom. The summed E-state index contributed by atoms with van der Waals surface area (Å²) in [6, 6.07) is 13.6. The molecule has 1 aliphatic heterocycles. The van der Waals surface area contributed by atoms with Gasteiger partial charge in [-0.1, -0.05) is 54.7 Å². The number of nitrogens with zero attached hydrogens (tertiary/aromatic N) is 1.